The second kappa shape index (κ2) is 7.88. The second-order valence-corrected chi connectivity index (χ2v) is 9.16. The number of rotatable bonds is 4. The van der Waals surface area contributed by atoms with Crippen LogP contribution in [0.4, 0.5) is 13.2 Å². The Morgan fingerprint density at radius 2 is 1.78 bits per heavy atom. The van der Waals surface area contributed by atoms with Crippen LogP contribution < -0.4 is 9.46 Å². The van der Waals surface area contributed by atoms with Gasteiger partial charge in [-0.25, -0.2) is 4.21 Å². The molecule has 148 valence electrons. The molecule has 0 amide bonds. The monoisotopic (exact) mass is 401 g/mol. The zero-order valence-electron chi connectivity index (χ0n) is 15.5. The Bertz CT molecular complexity index is 790. The van der Waals surface area contributed by atoms with Crippen LogP contribution in [0.1, 0.15) is 38.7 Å². The number of carbonyl (C=O) groups is 1. The van der Waals surface area contributed by atoms with E-state index in [4.69, 9.17) is 4.74 Å². The molecule has 1 aromatic carbocycles. The second-order valence-electron chi connectivity index (χ2n) is 7.16. The first kappa shape index (κ1) is 21.2. The van der Waals surface area contributed by atoms with Crippen LogP contribution in [0.5, 0.6) is 5.75 Å². The van der Waals surface area contributed by atoms with Crippen molar-refractivity contribution in [2.24, 2.45) is 0 Å². The molecule has 0 saturated heterocycles. The highest BCUT2D eigenvalue weighted by Gasteiger charge is 2.40. The van der Waals surface area contributed by atoms with Gasteiger partial charge in [-0.15, -0.1) is 0 Å². The third-order valence-corrected chi connectivity index (χ3v) is 5.59. The predicted octanol–water partition coefficient (Wildman–Crippen LogP) is 4.18. The number of methoxy groups -OCH3 is 1. The van der Waals surface area contributed by atoms with E-state index in [1.54, 1.807) is 45.0 Å². The first-order valence-corrected chi connectivity index (χ1v) is 9.42. The highest BCUT2D eigenvalue weighted by atomic mass is 32.2. The molecule has 1 aliphatic rings. The van der Waals surface area contributed by atoms with E-state index in [9.17, 15) is 22.2 Å². The summed E-state index contributed by atoms with van der Waals surface area (Å²) in [7, 11) is -0.0109. The minimum atomic E-state index is -4.58. The van der Waals surface area contributed by atoms with Crippen molar-refractivity contribution in [3.8, 4) is 5.75 Å². The molecular weight excluding hydrogens is 379 g/mol. The van der Waals surface area contributed by atoms with Crippen LogP contribution in [-0.4, -0.2) is 28.0 Å². The largest absolute Gasteiger partial charge is 0.497 e. The molecular formula is C19H22F3NO3S. The first-order chi connectivity index (χ1) is 12.4. The molecule has 1 aromatic rings. The molecule has 0 spiro atoms. The average molecular weight is 401 g/mol. The van der Waals surface area contributed by atoms with E-state index >= 15 is 0 Å². The van der Waals surface area contributed by atoms with Crippen molar-refractivity contribution in [3.05, 3.63) is 53.3 Å². The number of nitrogens with one attached hydrogen (secondary N) is 1. The number of hydrogen-bond acceptors (Lipinski definition) is 3. The summed E-state index contributed by atoms with van der Waals surface area (Å²) in [5.41, 5.74) is -0.179. The highest BCUT2D eigenvalue weighted by Crippen LogP contribution is 2.41. The van der Waals surface area contributed by atoms with Crippen LogP contribution >= 0.6 is 0 Å². The molecule has 27 heavy (non-hydrogen) atoms. The van der Waals surface area contributed by atoms with Gasteiger partial charge in [-0.1, -0.05) is 12.1 Å². The molecule has 0 aliphatic heterocycles. The van der Waals surface area contributed by atoms with E-state index in [0.29, 0.717) is 17.4 Å². The molecule has 1 aliphatic carbocycles. The lowest BCUT2D eigenvalue weighted by Crippen LogP contribution is -2.32. The first-order valence-electron chi connectivity index (χ1n) is 8.27. The molecule has 0 bridgehead atoms. The summed E-state index contributed by atoms with van der Waals surface area (Å²) in [5, 5.41) is 0. The zero-order valence-corrected chi connectivity index (χ0v) is 16.3. The predicted molar refractivity (Wildman–Crippen MR) is 98.6 cm³/mol. The van der Waals surface area contributed by atoms with Gasteiger partial charge in [0.1, 0.15) is 16.7 Å². The van der Waals surface area contributed by atoms with Crippen molar-refractivity contribution >= 4 is 16.8 Å². The third-order valence-electron chi connectivity index (χ3n) is 4.15. The molecule has 0 aromatic heterocycles. The van der Waals surface area contributed by atoms with Crippen molar-refractivity contribution in [1.82, 2.24) is 4.72 Å². The molecule has 0 saturated carbocycles. The van der Waals surface area contributed by atoms with Gasteiger partial charge < -0.3 is 9.46 Å². The van der Waals surface area contributed by atoms with E-state index in [1.807, 2.05) is 0 Å². The van der Waals surface area contributed by atoms with Gasteiger partial charge in [0.25, 0.3) is 0 Å². The number of ketones is 1. The lowest BCUT2D eigenvalue weighted by molar-refractivity contribution is -0.115. The molecule has 1 N–H and O–H groups in total. The van der Waals surface area contributed by atoms with E-state index in [1.165, 1.54) is 13.3 Å². The lowest BCUT2D eigenvalue weighted by Gasteiger charge is -2.27. The van der Waals surface area contributed by atoms with Gasteiger partial charge in [0.15, 0.2) is 5.78 Å². The van der Waals surface area contributed by atoms with Crippen LogP contribution in [0.25, 0.3) is 0 Å². The fourth-order valence-corrected chi connectivity index (χ4v) is 3.19. The minimum Gasteiger partial charge on any atom is -0.497 e. The molecule has 0 radical (unpaired) electrons. The van der Waals surface area contributed by atoms with Crippen LogP contribution in [0.3, 0.4) is 0 Å². The van der Waals surface area contributed by atoms with Crippen molar-refractivity contribution in [3.63, 3.8) is 0 Å². The Morgan fingerprint density at radius 1 is 1.19 bits per heavy atom. The Labute approximate surface area is 159 Å². The summed E-state index contributed by atoms with van der Waals surface area (Å²) in [4.78, 5) is 12.4. The van der Waals surface area contributed by atoms with Gasteiger partial charge >= 0.3 is 6.18 Å². The number of halogens is 3. The normalized spacial score (nSPS) is 21.0. The number of carbonyl (C=O) groups excluding carboxylic acids is 1. The van der Waals surface area contributed by atoms with Crippen molar-refractivity contribution in [2.75, 3.05) is 7.11 Å². The zero-order chi connectivity index (χ0) is 20.4. The summed E-state index contributed by atoms with van der Waals surface area (Å²) in [6.07, 6.45) is -3.04. The third kappa shape index (κ3) is 5.22. The van der Waals surface area contributed by atoms with Crippen molar-refractivity contribution in [2.45, 2.75) is 44.0 Å². The van der Waals surface area contributed by atoms with Crippen LogP contribution in [-0.2, 0) is 15.8 Å². The molecule has 0 heterocycles. The summed E-state index contributed by atoms with van der Waals surface area (Å²) in [5.74, 6) is -0.979. The van der Waals surface area contributed by atoms with E-state index < -0.39 is 39.2 Å². The molecule has 1 unspecified atom stereocenters. The highest BCUT2D eigenvalue weighted by molar-refractivity contribution is 7.84. The van der Waals surface area contributed by atoms with Crippen LogP contribution in [0.2, 0.25) is 0 Å². The molecule has 2 rings (SSSR count). The number of benzene rings is 1. The standard InChI is InChI=1S/C19H22F3NO3S/c1-18(2,3)27(25)23-11-16-15(12-5-7-14(26-4)8-6-12)9-13(10-17(16)24)19(20,21)22/h5-8,10-11,15,23H,9H2,1-4H3/b16-11-/t15-,27?/m1/s1. The molecule has 0 fully saturated rings. The fraction of sp³-hybridized carbons (Fsp3) is 0.421. The number of allylic oxidation sites excluding steroid dienone is 3. The molecule has 8 heteroatoms. The number of hydrogen-bond donors (Lipinski definition) is 1. The maximum Gasteiger partial charge on any atom is 0.412 e. The van der Waals surface area contributed by atoms with Crippen molar-refractivity contribution in [1.29, 1.82) is 0 Å². The quantitative estimate of drug-likeness (QED) is 0.771. The number of alkyl halides is 3. The number of ether oxygens (including phenoxy) is 1. The summed E-state index contributed by atoms with van der Waals surface area (Å²) < 4.78 is 58.9. The van der Waals surface area contributed by atoms with Gasteiger partial charge in [0, 0.05) is 23.3 Å². The summed E-state index contributed by atoms with van der Waals surface area (Å²) in [6, 6.07) is 6.52. The Morgan fingerprint density at radius 3 is 2.26 bits per heavy atom. The van der Waals surface area contributed by atoms with Crippen molar-refractivity contribution < 1.29 is 26.9 Å². The smallest absolute Gasteiger partial charge is 0.412 e. The SMILES string of the molecule is COc1ccc([C@H]2CC(C(F)(F)F)=CC(=O)/C2=C\NS(=O)C(C)(C)C)cc1. The Kier molecular flexibility index (Phi) is 6.19. The summed E-state index contributed by atoms with van der Waals surface area (Å²) in [6.45, 7) is 5.25. The average Bonchev–Trinajstić information content (AvgIpc) is 2.58. The molecule has 4 nitrogen and oxygen atoms in total. The maximum absolute atomic E-state index is 13.2. The van der Waals surface area contributed by atoms with Crippen LogP contribution in [0.15, 0.2) is 47.7 Å². The van der Waals surface area contributed by atoms with E-state index in [0.717, 1.165) is 0 Å². The minimum absolute atomic E-state index is 0.144. The Hall–Kier alpha value is -2.09. The van der Waals surface area contributed by atoms with Gasteiger partial charge in [-0.05, 0) is 51.0 Å². The van der Waals surface area contributed by atoms with Gasteiger partial charge in [0.05, 0.1) is 11.9 Å². The summed E-state index contributed by atoms with van der Waals surface area (Å²) >= 11 is 0. The van der Waals surface area contributed by atoms with Gasteiger partial charge in [0.2, 0.25) is 0 Å². The van der Waals surface area contributed by atoms with Crippen LogP contribution in [0, 0.1) is 0 Å². The van der Waals surface area contributed by atoms with Gasteiger partial charge in [-0.3, -0.25) is 4.79 Å². The van der Waals surface area contributed by atoms with Gasteiger partial charge in [-0.2, -0.15) is 13.2 Å². The fourth-order valence-electron chi connectivity index (χ4n) is 2.60. The maximum atomic E-state index is 13.2. The Balaban J connectivity index is 2.44. The molecule has 2 atom stereocenters. The lowest BCUT2D eigenvalue weighted by atomic mass is 9.79. The van der Waals surface area contributed by atoms with E-state index in [2.05, 4.69) is 4.72 Å². The topological polar surface area (TPSA) is 55.4 Å². The van der Waals surface area contributed by atoms with E-state index in [-0.39, 0.29) is 12.0 Å².